The fraction of sp³-hybridized carbons (Fsp3) is 0.632. The van der Waals surface area contributed by atoms with Gasteiger partial charge in [-0.3, -0.25) is 9.89 Å². The molecule has 3 rings (SSSR count). The first-order valence-electron chi connectivity index (χ1n) is 8.90. The summed E-state index contributed by atoms with van der Waals surface area (Å²) in [6.07, 6.45) is 1.37. The molecule has 134 valence electrons. The highest BCUT2D eigenvalue weighted by molar-refractivity contribution is 14.0. The van der Waals surface area contributed by atoms with Gasteiger partial charge in [0.2, 0.25) is 0 Å². The van der Waals surface area contributed by atoms with E-state index in [-0.39, 0.29) is 24.0 Å². The molecule has 0 amide bonds. The zero-order chi connectivity index (χ0) is 16.2. The summed E-state index contributed by atoms with van der Waals surface area (Å²) < 4.78 is 0. The molecule has 0 radical (unpaired) electrons. The monoisotopic (exact) mass is 442 g/mol. The van der Waals surface area contributed by atoms with Gasteiger partial charge >= 0.3 is 0 Å². The van der Waals surface area contributed by atoms with Gasteiger partial charge in [-0.15, -0.1) is 24.0 Å². The number of rotatable bonds is 4. The molecular weight excluding hydrogens is 411 g/mol. The molecular formula is C19H31IN4. The second-order valence-corrected chi connectivity index (χ2v) is 7.44. The van der Waals surface area contributed by atoms with E-state index in [2.05, 4.69) is 65.3 Å². The number of hydrogen-bond donors (Lipinski definition) is 1. The Morgan fingerprint density at radius 3 is 2.29 bits per heavy atom. The molecule has 2 aliphatic rings. The van der Waals surface area contributed by atoms with Gasteiger partial charge in [0.1, 0.15) is 0 Å². The van der Waals surface area contributed by atoms with Crippen molar-refractivity contribution in [1.82, 2.24) is 15.1 Å². The first-order chi connectivity index (χ1) is 11.1. The lowest BCUT2D eigenvalue weighted by molar-refractivity contribution is 0.134. The normalized spacial score (nSPS) is 24.5. The topological polar surface area (TPSA) is 30.9 Å². The number of nitrogens with one attached hydrogen (secondary N) is 1. The Morgan fingerprint density at radius 1 is 1.08 bits per heavy atom. The molecule has 0 spiro atoms. The van der Waals surface area contributed by atoms with Gasteiger partial charge in [0.05, 0.1) is 6.54 Å². The van der Waals surface area contributed by atoms with Gasteiger partial charge in [-0.05, 0) is 29.4 Å². The van der Waals surface area contributed by atoms with E-state index >= 15 is 0 Å². The molecule has 0 saturated carbocycles. The summed E-state index contributed by atoms with van der Waals surface area (Å²) in [5.41, 5.74) is 2.74. The van der Waals surface area contributed by atoms with Crippen LogP contribution in [0.2, 0.25) is 0 Å². The van der Waals surface area contributed by atoms with Crippen LogP contribution < -0.4 is 5.32 Å². The van der Waals surface area contributed by atoms with Crippen molar-refractivity contribution in [1.29, 1.82) is 0 Å². The lowest BCUT2D eigenvalue weighted by Gasteiger charge is -2.35. The van der Waals surface area contributed by atoms with Crippen molar-refractivity contribution in [3.8, 4) is 0 Å². The number of benzene rings is 1. The highest BCUT2D eigenvalue weighted by atomic mass is 127. The summed E-state index contributed by atoms with van der Waals surface area (Å²) in [5.74, 6) is 2.67. The molecule has 2 aliphatic heterocycles. The number of likely N-dealkylation sites (tertiary alicyclic amines) is 1. The molecule has 1 saturated heterocycles. The number of halogens is 1. The van der Waals surface area contributed by atoms with E-state index in [0.717, 1.165) is 44.0 Å². The van der Waals surface area contributed by atoms with Gasteiger partial charge < -0.3 is 10.2 Å². The Balaban J connectivity index is 0.00000208. The molecule has 0 bridgehead atoms. The SMILES string of the molecule is CC1CC(C)CN(Cc2ccc(CNC3=NCCN3C)cc2)C1.I. The Labute approximate surface area is 163 Å². The van der Waals surface area contributed by atoms with E-state index in [1.165, 1.54) is 30.6 Å². The van der Waals surface area contributed by atoms with Crippen molar-refractivity contribution in [2.24, 2.45) is 16.8 Å². The number of nitrogens with zero attached hydrogens (tertiary/aromatic N) is 3. The molecule has 0 aromatic heterocycles. The molecule has 1 fully saturated rings. The van der Waals surface area contributed by atoms with Crippen LogP contribution in [-0.2, 0) is 13.1 Å². The molecule has 2 heterocycles. The third kappa shape index (κ3) is 5.34. The second kappa shape index (κ2) is 9.04. The predicted molar refractivity (Wildman–Crippen MR) is 112 cm³/mol. The van der Waals surface area contributed by atoms with Crippen LogP contribution in [-0.4, -0.2) is 49.0 Å². The number of guanidine groups is 1. The minimum atomic E-state index is 0. The van der Waals surface area contributed by atoms with Crippen molar-refractivity contribution in [2.75, 3.05) is 33.2 Å². The maximum Gasteiger partial charge on any atom is 0.194 e. The average molecular weight is 442 g/mol. The van der Waals surface area contributed by atoms with Crippen LogP contribution in [0.25, 0.3) is 0 Å². The van der Waals surface area contributed by atoms with Crippen molar-refractivity contribution in [2.45, 2.75) is 33.4 Å². The molecule has 2 unspecified atom stereocenters. The van der Waals surface area contributed by atoms with E-state index in [0.29, 0.717) is 0 Å². The molecule has 1 N–H and O–H groups in total. The van der Waals surface area contributed by atoms with Crippen LogP contribution in [0.5, 0.6) is 0 Å². The molecule has 24 heavy (non-hydrogen) atoms. The lowest BCUT2D eigenvalue weighted by atomic mass is 9.91. The maximum atomic E-state index is 4.47. The molecule has 4 nitrogen and oxygen atoms in total. The number of piperidine rings is 1. The maximum absolute atomic E-state index is 4.47. The molecule has 1 aromatic carbocycles. The second-order valence-electron chi connectivity index (χ2n) is 7.44. The largest absolute Gasteiger partial charge is 0.352 e. The van der Waals surface area contributed by atoms with Crippen molar-refractivity contribution >= 4 is 29.9 Å². The number of likely N-dealkylation sites (N-methyl/N-ethyl adjacent to an activating group) is 1. The summed E-state index contributed by atoms with van der Waals surface area (Å²) in [4.78, 5) is 9.24. The summed E-state index contributed by atoms with van der Waals surface area (Å²) in [6.45, 7) is 11.1. The fourth-order valence-electron chi connectivity index (χ4n) is 3.85. The Morgan fingerprint density at radius 2 is 1.71 bits per heavy atom. The molecule has 2 atom stereocenters. The first-order valence-corrected chi connectivity index (χ1v) is 8.90. The van der Waals surface area contributed by atoms with Crippen LogP contribution >= 0.6 is 24.0 Å². The van der Waals surface area contributed by atoms with Crippen LogP contribution in [0.1, 0.15) is 31.4 Å². The standard InChI is InChI=1S/C19H30N4.HI/c1-15-10-16(2)13-23(12-15)14-18-6-4-17(5-7-18)11-21-19-20-8-9-22(19)3;/h4-7,15-16H,8-14H2,1-3H3,(H,20,21);1H. The van der Waals surface area contributed by atoms with Gasteiger partial charge in [-0.2, -0.15) is 0 Å². The van der Waals surface area contributed by atoms with Crippen molar-refractivity contribution in [3.05, 3.63) is 35.4 Å². The summed E-state index contributed by atoms with van der Waals surface area (Å²) >= 11 is 0. The van der Waals surface area contributed by atoms with Gasteiger partial charge in [0.25, 0.3) is 0 Å². The van der Waals surface area contributed by atoms with Crippen LogP contribution in [0.3, 0.4) is 0 Å². The summed E-state index contributed by atoms with van der Waals surface area (Å²) in [5, 5.41) is 3.43. The Kier molecular flexibility index (Phi) is 7.34. The third-order valence-electron chi connectivity index (χ3n) is 4.88. The smallest absolute Gasteiger partial charge is 0.194 e. The van der Waals surface area contributed by atoms with Gasteiger partial charge in [-0.25, -0.2) is 0 Å². The van der Waals surface area contributed by atoms with E-state index in [9.17, 15) is 0 Å². The highest BCUT2D eigenvalue weighted by Gasteiger charge is 2.21. The average Bonchev–Trinajstić information content (AvgIpc) is 2.91. The van der Waals surface area contributed by atoms with E-state index in [1.54, 1.807) is 0 Å². The fourth-order valence-corrected chi connectivity index (χ4v) is 3.85. The van der Waals surface area contributed by atoms with Crippen LogP contribution in [0, 0.1) is 11.8 Å². The Bertz CT molecular complexity index is 533. The minimum absolute atomic E-state index is 0. The molecule has 0 aliphatic carbocycles. The quantitative estimate of drug-likeness (QED) is 0.727. The first kappa shape index (κ1) is 19.5. The van der Waals surface area contributed by atoms with Gasteiger partial charge in [0.15, 0.2) is 5.96 Å². The van der Waals surface area contributed by atoms with E-state index in [1.807, 2.05) is 0 Å². The predicted octanol–water partition coefficient (Wildman–Crippen LogP) is 3.17. The van der Waals surface area contributed by atoms with E-state index < -0.39 is 0 Å². The zero-order valence-corrected chi connectivity index (χ0v) is 17.5. The van der Waals surface area contributed by atoms with Crippen molar-refractivity contribution in [3.63, 3.8) is 0 Å². The van der Waals surface area contributed by atoms with Crippen LogP contribution in [0.15, 0.2) is 29.3 Å². The summed E-state index contributed by atoms with van der Waals surface area (Å²) in [7, 11) is 2.09. The van der Waals surface area contributed by atoms with Crippen molar-refractivity contribution < 1.29 is 0 Å². The minimum Gasteiger partial charge on any atom is -0.352 e. The molecule has 1 aromatic rings. The number of aliphatic imine (C=N–C) groups is 1. The van der Waals surface area contributed by atoms with Crippen LogP contribution in [0.4, 0.5) is 0 Å². The highest BCUT2D eigenvalue weighted by Crippen LogP contribution is 2.22. The third-order valence-corrected chi connectivity index (χ3v) is 4.88. The summed E-state index contributed by atoms with van der Waals surface area (Å²) in [6, 6.07) is 9.05. The Hall–Kier alpha value is -0.820. The van der Waals surface area contributed by atoms with Gasteiger partial charge in [-0.1, -0.05) is 38.1 Å². The van der Waals surface area contributed by atoms with E-state index in [4.69, 9.17) is 0 Å². The van der Waals surface area contributed by atoms with Gasteiger partial charge in [0, 0.05) is 39.8 Å². The number of hydrogen-bond acceptors (Lipinski definition) is 4. The lowest BCUT2D eigenvalue weighted by Crippen LogP contribution is -2.38. The molecule has 5 heteroatoms. The zero-order valence-electron chi connectivity index (χ0n) is 15.2.